The highest BCUT2D eigenvalue weighted by atomic mass is 31.2. The van der Waals surface area contributed by atoms with E-state index in [1.165, 1.54) is 134 Å². The number of quaternary nitrogens is 1. The quantitative estimate of drug-likeness (QED) is 0.0284. The van der Waals surface area contributed by atoms with E-state index in [2.05, 4.69) is 47.6 Å². The van der Waals surface area contributed by atoms with Crippen LogP contribution in [-0.2, 0) is 27.9 Å². The molecule has 0 spiro atoms. The molecular weight excluding hydrogens is 822 g/mol. The number of likely N-dealkylation sites (N-methyl/N-ethyl adjacent to an activating group) is 1. The predicted octanol–water partition coefficient (Wildman–Crippen LogP) is 14.4. The first-order chi connectivity index (χ1) is 30.4. The van der Waals surface area contributed by atoms with Crippen LogP contribution in [-0.4, -0.2) is 86.3 Å². The van der Waals surface area contributed by atoms with Crippen LogP contribution in [0.5, 0.6) is 0 Å². The smallest absolute Gasteiger partial charge is 0.472 e. The summed E-state index contributed by atoms with van der Waals surface area (Å²) in [6, 6.07) is 0. The van der Waals surface area contributed by atoms with E-state index in [0.29, 0.717) is 29.0 Å². The van der Waals surface area contributed by atoms with Gasteiger partial charge in [0.05, 0.1) is 33.9 Å². The minimum absolute atomic E-state index is 0.0381. The molecular formula is C54H101NO8P+. The zero-order valence-corrected chi connectivity index (χ0v) is 43.8. The van der Waals surface area contributed by atoms with E-state index in [-0.39, 0.29) is 18.1 Å². The van der Waals surface area contributed by atoms with Crippen molar-refractivity contribution >= 4 is 13.8 Å². The van der Waals surface area contributed by atoms with Crippen LogP contribution < -0.4 is 0 Å². The lowest BCUT2D eigenvalue weighted by Gasteiger charge is -2.58. The van der Waals surface area contributed by atoms with Crippen molar-refractivity contribution in [2.45, 2.75) is 233 Å². The summed E-state index contributed by atoms with van der Waals surface area (Å²) in [5, 5.41) is 10.5. The molecule has 0 aromatic rings. The second kappa shape index (κ2) is 27.4. The van der Waals surface area contributed by atoms with Crippen molar-refractivity contribution in [3.63, 3.8) is 0 Å². The van der Waals surface area contributed by atoms with Gasteiger partial charge in [-0.05, 0) is 104 Å². The van der Waals surface area contributed by atoms with Crippen molar-refractivity contribution in [1.82, 2.24) is 0 Å². The van der Waals surface area contributed by atoms with Crippen LogP contribution in [0, 0.1) is 46.3 Å². The molecule has 4 rings (SSSR count). The summed E-state index contributed by atoms with van der Waals surface area (Å²) in [4.78, 5) is 23.5. The standard InChI is InChI=1S/C54H100NO8P/c1-10-11-12-13-14-15-16-17-18-19-20-21-22-23-24-25-38-60-51(52(56)57)50(41-62-64(58,59)61-39-37-55(7,8)9)63-45-33-35-53(5)44(40-45)29-30-46-48-32-31-47(43(4)28-26-27-42(2)3)54(48,6)36-34-49(46)53/h29,42-43,45-51H,10-28,30-41H2,1-9H3,(H-,56,57,58,59)/p+1/t43-,45?,46?,47-,48?,49?,50?,51?,53+,54-/m1/s1. The van der Waals surface area contributed by atoms with Crippen LogP contribution in [0.4, 0.5) is 0 Å². The number of carboxylic acids is 1. The number of rotatable bonds is 34. The molecule has 0 aromatic carbocycles. The Morgan fingerprint density at radius 2 is 1.39 bits per heavy atom. The van der Waals surface area contributed by atoms with Gasteiger partial charge in [0.2, 0.25) is 0 Å². The summed E-state index contributed by atoms with van der Waals surface area (Å²) < 4.78 is 37.2. The van der Waals surface area contributed by atoms with Gasteiger partial charge >= 0.3 is 13.8 Å². The lowest BCUT2D eigenvalue weighted by molar-refractivity contribution is -0.870. The Morgan fingerprint density at radius 3 is 1.97 bits per heavy atom. The SMILES string of the molecule is CCCCCCCCCCCCCCCCCCOC(C(=O)O)C(COP(=O)(O)OCC[N+](C)(C)C)OC1CC[C@@]2(C)C(=CCC3C2CC[C@@]2(C)C3CC[C@@H]2[C@H](C)CCCC(C)C)C1. The van der Waals surface area contributed by atoms with Crippen molar-refractivity contribution in [1.29, 1.82) is 0 Å². The number of phosphoric ester groups is 1. The average molecular weight is 923 g/mol. The number of carbonyl (C=O) groups is 1. The highest BCUT2D eigenvalue weighted by molar-refractivity contribution is 7.47. The minimum atomic E-state index is -4.46. The Bertz CT molecular complexity index is 1420. The van der Waals surface area contributed by atoms with E-state index < -0.39 is 32.6 Å². The number of unbranched alkanes of at least 4 members (excludes halogenated alkanes) is 15. The van der Waals surface area contributed by atoms with Crippen molar-refractivity contribution < 1.29 is 42.4 Å². The first-order valence-corrected chi connectivity index (χ1v) is 28.5. The zero-order chi connectivity index (χ0) is 46.8. The number of nitrogens with zero attached hydrogens (tertiary/aromatic N) is 1. The van der Waals surface area contributed by atoms with E-state index in [0.717, 1.165) is 74.5 Å². The van der Waals surface area contributed by atoms with E-state index in [4.69, 9.17) is 18.5 Å². The molecule has 0 radical (unpaired) electrons. The van der Waals surface area contributed by atoms with Gasteiger partial charge in [0.1, 0.15) is 19.3 Å². The molecule has 0 amide bonds. The second-order valence-corrected chi connectivity index (χ2v) is 24.8. The first kappa shape index (κ1) is 55.8. The van der Waals surface area contributed by atoms with Crippen LogP contribution >= 0.6 is 7.82 Å². The van der Waals surface area contributed by atoms with E-state index in [9.17, 15) is 19.4 Å². The van der Waals surface area contributed by atoms with E-state index in [1.54, 1.807) is 0 Å². The van der Waals surface area contributed by atoms with Crippen molar-refractivity contribution in [3.05, 3.63) is 11.6 Å². The number of carboxylic acid groups (broad SMARTS) is 1. The van der Waals surface area contributed by atoms with Crippen molar-refractivity contribution in [2.75, 3.05) is 47.5 Å². The number of fused-ring (bicyclic) bond motifs is 5. The first-order valence-electron chi connectivity index (χ1n) is 27.0. The predicted molar refractivity (Wildman–Crippen MR) is 263 cm³/mol. The molecule has 0 heterocycles. The monoisotopic (exact) mass is 923 g/mol. The molecule has 3 fully saturated rings. The lowest BCUT2D eigenvalue weighted by atomic mass is 9.47. The van der Waals surface area contributed by atoms with Crippen LogP contribution in [0.25, 0.3) is 0 Å². The summed E-state index contributed by atoms with van der Waals surface area (Å²) in [5.74, 6) is 3.45. The maximum atomic E-state index is 13.1. The van der Waals surface area contributed by atoms with Crippen LogP contribution in [0.1, 0.15) is 215 Å². The summed E-state index contributed by atoms with van der Waals surface area (Å²) in [5.41, 5.74) is 2.02. The summed E-state index contributed by atoms with van der Waals surface area (Å²) in [6.45, 7) is 15.1. The van der Waals surface area contributed by atoms with Gasteiger partial charge in [-0.15, -0.1) is 0 Å². The number of aliphatic carboxylic acids is 1. The Kier molecular flexibility index (Phi) is 23.9. The molecule has 0 saturated heterocycles. The Labute approximate surface area is 393 Å². The van der Waals surface area contributed by atoms with E-state index in [1.807, 2.05) is 21.1 Å². The number of allylic oxidation sites excluding steroid dienone is 1. The number of ether oxygens (including phenoxy) is 2. The normalized spacial score (nSPS) is 29.4. The molecule has 9 nitrogen and oxygen atoms in total. The lowest BCUT2D eigenvalue weighted by Crippen LogP contribution is -2.51. The fourth-order valence-electron chi connectivity index (χ4n) is 13.0. The number of phosphoric acid groups is 1. The van der Waals surface area contributed by atoms with Gasteiger partial charge in [-0.1, -0.05) is 169 Å². The third-order valence-electron chi connectivity index (χ3n) is 16.9. The highest BCUT2D eigenvalue weighted by Crippen LogP contribution is 2.67. The van der Waals surface area contributed by atoms with Gasteiger partial charge in [0.25, 0.3) is 0 Å². The molecule has 10 heteroatoms. The van der Waals surface area contributed by atoms with Gasteiger partial charge in [0, 0.05) is 6.61 Å². The summed E-state index contributed by atoms with van der Waals surface area (Å²) in [6.07, 6.45) is 33.3. The van der Waals surface area contributed by atoms with Crippen LogP contribution in [0.15, 0.2) is 11.6 Å². The summed E-state index contributed by atoms with van der Waals surface area (Å²) >= 11 is 0. The fraction of sp³-hybridized carbons (Fsp3) is 0.944. The van der Waals surface area contributed by atoms with Gasteiger partial charge in [-0.2, -0.15) is 0 Å². The third kappa shape index (κ3) is 17.6. The minimum Gasteiger partial charge on any atom is -0.479 e. The van der Waals surface area contributed by atoms with Gasteiger partial charge < -0.3 is 24.0 Å². The van der Waals surface area contributed by atoms with Crippen molar-refractivity contribution in [2.24, 2.45) is 46.3 Å². The van der Waals surface area contributed by atoms with Crippen LogP contribution in [0.2, 0.25) is 0 Å². The van der Waals surface area contributed by atoms with Crippen LogP contribution in [0.3, 0.4) is 0 Å². The van der Waals surface area contributed by atoms with Gasteiger partial charge in [0.15, 0.2) is 6.10 Å². The maximum absolute atomic E-state index is 13.1. The molecule has 7 unspecified atom stereocenters. The molecule has 374 valence electrons. The molecule has 4 aliphatic carbocycles. The van der Waals surface area contributed by atoms with Gasteiger partial charge in [-0.3, -0.25) is 9.05 Å². The summed E-state index contributed by atoms with van der Waals surface area (Å²) in [7, 11) is 1.48. The molecule has 11 atom stereocenters. The topological polar surface area (TPSA) is 112 Å². The maximum Gasteiger partial charge on any atom is 0.472 e. The molecule has 3 saturated carbocycles. The molecule has 64 heavy (non-hydrogen) atoms. The number of hydrogen-bond donors (Lipinski definition) is 2. The number of hydrogen-bond acceptors (Lipinski definition) is 6. The Hall–Kier alpha value is -0.800. The van der Waals surface area contributed by atoms with Crippen molar-refractivity contribution in [3.8, 4) is 0 Å². The zero-order valence-electron chi connectivity index (χ0n) is 42.9. The second-order valence-electron chi connectivity index (χ2n) is 23.4. The molecule has 0 bridgehead atoms. The Morgan fingerprint density at radius 1 is 0.781 bits per heavy atom. The molecule has 0 aliphatic heterocycles. The highest BCUT2D eigenvalue weighted by Gasteiger charge is 2.59. The van der Waals surface area contributed by atoms with Gasteiger partial charge in [-0.25, -0.2) is 9.36 Å². The fourth-order valence-corrected chi connectivity index (χ4v) is 13.8. The third-order valence-corrected chi connectivity index (χ3v) is 17.9. The van der Waals surface area contributed by atoms with E-state index >= 15 is 0 Å². The molecule has 0 aromatic heterocycles. The Balaban J connectivity index is 1.30. The average Bonchev–Trinajstić information content (AvgIpc) is 3.58. The molecule has 4 aliphatic rings. The largest absolute Gasteiger partial charge is 0.479 e. The molecule has 2 N–H and O–H groups in total.